The summed E-state index contributed by atoms with van der Waals surface area (Å²) in [6.45, 7) is 0.0944. The minimum atomic E-state index is -5.03. The van der Waals surface area contributed by atoms with Crippen molar-refractivity contribution >= 4 is 0 Å². The molecule has 0 amide bonds. The first kappa shape index (κ1) is 83.5. The van der Waals surface area contributed by atoms with Crippen LogP contribution in [0.5, 0.6) is 0 Å². The number of hydrogen-bond acceptors (Lipinski definition) is 6. The molecule has 1 fully saturated rings. The van der Waals surface area contributed by atoms with Gasteiger partial charge in [0.05, 0.1) is 7.11 Å². The maximum Gasteiger partial charge on any atom is 0.467 e. The van der Waals surface area contributed by atoms with Crippen LogP contribution in [0, 0.1) is 0 Å². The highest BCUT2D eigenvalue weighted by Gasteiger charge is 2.87. The molecule has 13 rings (SSSR count). The second-order valence-corrected chi connectivity index (χ2v) is 22.0. The minimum absolute atomic E-state index is 0.0898. The van der Waals surface area contributed by atoms with Gasteiger partial charge in [0.15, 0.2) is 70.4 Å². The Hall–Kier alpha value is -6.91. The van der Waals surface area contributed by atoms with Gasteiger partial charge in [0.1, 0.15) is 18.4 Å². The van der Waals surface area contributed by atoms with Gasteiger partial charge < -0.3 is 28.4 Å². The summed E-state index contributed by atoms with van der Waals surface area (Å²) in [5, 5.41) is 0. The maximum absolute atomic E-state index is 13.0. The summed E-state index contributed by atoms with van der Waals surface area (Å²) in [6, 6.07) is -1.37. The number of halogens is 37. The molecule has 0 radical (unpaired) electrons. The van der Waals surface area contributed by atoms with Gasteiger partial charge in [-0.25, -0.2) is 57.1 Å². The highest BCUT2D eigenvalue weighted by atomic mass is 19.4. The van der Waals surface area contributed by atoms with Crippen molar-refractivity contribution in [3.05, 3.63) is 144 Å². The van der Waals surface area contributed by atoms with Gasteiger partial charge in [-0.1, -0.05) is 0 Å². The Labute approximate surface area is 525 Å². The van der Waals surface area contributed by atoms with Crippen LogP contribution in [0.4, 0.5) is 162 Å². The zero-order chi connectivity index (χ0) is 76.0. The summed E-state index contributed by atoms with van der Waals surface area (Å²) in [6.07, 6.45) is -9.16. The number of alkyl halides is 29. The number of rotatable bonds is 1. The van der Waals surface area contributed by atoms with Gasteiger partial charge in [-0.2, -0.15) is 105 Å². The second kappa shape index (κ2) is 27.6. The number of hydrogen-bond donors (Lipinski definition) is 0. The van der Waals surface area contributed by atoms with Crippen molar-refractivity contribution < 1.29 is 191 Å². The van der Waals surface area contributed by atoms with Crippen molar-refractivity contribution in [2.24, 2.45) is 0 Å². The molecular formula is C55H43F37O6. The Morgan fingerprint density at radius 2 is 0.827 bits per heavy atom. The minimum Gasteiger partial charge on any atom is -0.495 e. The van der Waals surface area contributed by atoms with Crippen LogP contribution < -0.4 is 0 Å². The number of ether oxygens (including phenoxy) is 6. The maximum atomic E-state index is 13.0. The van der Waals surface area contributed by atoms with Crippen molar-refractivity contribution in [3.63, 3.8) is 0 Å². The lowest BCUT2D eigenvalue weighted by atomic mass is 9.96. The fourth-order valence-corrected chi connectivity index (χ4v) is 8.28. The average molecular weight is 1500 g/mol. The molecule has 6 nitrogen and oxygen atoms in total. The molecule has 10 aliphatic carbocycles. The molecule has 0 aromatic carbocycles. The normalized spacial score (nSPS) is 34.5. The molecule has 0 aromatic heterocycles. The molecule has 1 saturated carbocycles. The van der Waals surface area contributed by atoms with Gasteiger partial charge in [0, 0.05) is 58.8 Å². The lowest BCUT2D eigenvalue weighted by Gasteiger charge is -2.31. The number of allylic oxidation sites excluding steroid dienone is 19. The van der Waals surface area contributed by atoms with E-state index in [1.165, 1.54) is 13.2 Å². The van der Waals surface area contributed by atoms with Crippen LogP contribution in [0.2, 0.25) is 0 Å². The van der Waals surface area contributed by atoms with E-state index in [9.17, 15) is 162 Å². The van der Waals surface area contributed by atoms with Crippen LogP contribution in [-0.4, -0.2) is 119 Å². The van der Waals surface area contributed by atoms with Crippen LogP contribution in [0.1, 0.15) is 71.6 Å². The fraction of sp³-hybridized carbons (Fsp3) is 0.564. The third kappa shape index (κ3) is 17.8. The zero-order valence-electron chi connectivity index (χ0n) is 48.6. The number of fused-ring (bicyclic) bond motifs is 6. The number of methoxy groups -OCH3 is 1. The van der Waals surface area contributed by atoms with Gasteiger partial charge in [-0.05, 0) is 79.7 Å². The molecule has 6 bridgehead atoms. The Balaban J connectivity index is 0.000000233. The molecule has 0 aromatic rings. The highest BCUT2D eigenvalue weighted by Crippen LogP contribution is 2.66. The van der Waals surface area contributed by atoms with Crippen LogP contribution >= 0.6 is 0 Å². The van der Waals surface area contributed by atoms with Gasteiger partial charge in [0.25, 0.3) is 11.8 Å². The van der Waals surface area contributed by atoms with E-state index in [4.69, 9.17) is 0 Å². The lowest BCUT2D eigenvalue weighted by Crippen LogP contribution is -2.54. The monoisotopic (exact) mass is 1500 g/mol. The van der Waals surface area contributed by atoms with E-state index in [2.05, 4.69) is 28.4 Å². The van der Waals surface area contributed by atoms with E-state index in [0.717, 1.165) is 42.5 Å². The predicted molar refractivity (Wildman–Crippen MR) is 259 cm³/mol. The predicted octanol–water partition coefficient (Wildman–Crippen LogP) is 21.6. The molecular weight excluding hydrogens is 1460 g/mol. The molecule has 0 N–H and O–H groups in total. The van der Waals surface area contributed by atoms with Crippen molar-refractivity contribution in [3.8, 4) is 0 Å². The van der Waals surface area contributed by atoms with E-state index in [1.54, 1.807) is 0 Å². The van der Waals surface area contributed by atoms with Crippen LogP contribution in [0.3, 0.4) is 0 Å². The van der Waals surface area contributed by atoms with Gasteiger partial charge in [-0.15, -0.1) is 0 Å². The molecule has 8 unspecified atom stereocenters. The van der Waals surface area contributed by atoms with Crippen molar-refractivity contribution in [1.29, 1.82) is 0 Å². The fourth-order valence-electron chi connectivity index (χ4n) is 8.28. The Morgan fingerprint density at radius 1 is 0.408 bits per heavy atom. The molecule has 43 heteroatoms. The summed E-state index contributed by atoms with van der Waals surface area (Å²) in [7, 11) is 1.25. The summed E-state index contributed by atoms with van der Waals surface area (Å²) in [5.41, 5.74) is -16.1. The van der Waals surface area contributed by atoms with Crippen molar-refractivity contribution in [1.82, 2.24) is 0 Å². The largest absolute Gasteiger partial charge is 0.495 e. The molecule has 8 atom stereocenters. The van der Waals surface area contributed by atoms with Gasteiger partial charge >= 0.3 is 65.7 Å². The smallest absolute Gasteiger partial charge is 0.467 e. The third-order valence-electron chi connectivity index (χ3n) is 14.3. The van der Waals surface area contributed by atoms with Crippen LogP contribution in [-0.2, 0) is 28.4 Å². The van der Waals surface area contributed by atoms with Crippen LogP contribution in [0.25, 0.3) is 0 Å². The molecule has 13 aliphatic rings. The summed E-state index contributed by atoms with van der Waals surface area (Å²) < 4.78 is 473. The summed E-state index contributed by atoms with van der Waals surface area (Å²) in [4.78, 5) is 0. The first-order chi connectivity index (χ1) is 43.8. The molecule has 0 spiro atoms. The first-order valence-electron chi connectivity index (χ1n) is 26.4. The summed E-state index contributed by atoms with van der Waals surface area (Å²) in [5.74, 6) is -43.0. The molecule has 558 valence electrons. The quantitative estimate of drug-likeness (QED) is 0.193. The zero-order valence-corrected chi connectivity index (χ0v) is 48.6. The molecule has 98 heavy (non-hydrogen) atoms. The topological polar surface area (TPSA) is 55.4 Å². The van der Waals surface area contributed by atoms with E-state index in [-0.39, 0.29) is 62.5 Å². The van der Waals surface area contributed by atoms with Crippen LogP contribution in [0.15, 0.2) is 144 Å². The Bertz CT molecular complexity index is 3180. The SMILES string of the molecule is CC1(C(F)(F)F)OC=C(C(F)(F)F)O1.CC1(C(F)(F)F)OC=C(F)O1.COC1=CCC1(F)F.FC12C=CC(F)(C1)C(F)(F)C2(F)F.FC1=C(F)C2(F)C=CC1(F)C2.FC1=CC2(F)C=CC1(F)C2.FC1=CCC1(F)F.FC1=CCCC1(F)F.FC1=CCCC1(F)F.FC1=COCC1(F)F. The van der Waals surface area contributed by atoms with Crippen molar-refractivity contribution in [2.45, 2.75) is 177 Å². The van der Waals surface area contributed by atoms with E-state index < -0.39 is 190 Å². The molecule has 0 saturated heterocycles. The molecule has 3 aliphatic heterocycles. The molecule has 3 heterocycles. The Morgan fingerprint density at radius 3 is 0.959 bits per heavy atom. The first-order valence-corrected chi connectivity index (χ1v) is 26.4. The van der Waals surface area contributed by atoms with E-state index in [0.29, 0.717) is 26.2 Å². The lowest BCUT2D eigenvalue weighted by molar-refractivity contribution is -0.337. The Kier molecular flexibility index (Phi) is 23.5. The second-order valence-electron chi connectivity index (χ2n) is 22.0. The van der Waals surface area contributed by atoms with E-state index >= 15 is 0 Å². The van der Waals surface area contributed by atoms with Crippen molar-refractivity contribution in [2.75, 3.05) is 13.7 Å². The standard InChI is InChI=1S/C7H4F6.C7H4F4.C7H5F3.C6H4F6O2.C5H4F4O2.2C5H5F3.C5H6F2O.C4H3F3O.C4H3F3/c8-4-1-2-5(9,3-4)7(12,13)6(4,10)11;8-4-5(9)7(11)2-1-6(4,10)3-7;8-5-3-6(9)1-2-7(5,10)4-6;1-4(6(10,11)12)13-2-3(14-4)5(7,8)9;1-4(5(7,8)9)10-2-3(6)11-4;2*6-4-2-1-3-5(4,7)8;1-8-4-2-3-5(4,6)7;5-3-1-8-2-4(3,6)7;5-3-1-2-4(3,6)7/h1-2H,3H2;1-2H,3H2;1-3H,4H2;2H,1H3;2H,1H3;2*2H,1,3H2;2H,3H2,1H3;1H,2H2;1H,2H2. The van der Waals surface area contributed by atoms with Gasteiger partial charge in [0.2, 0.25) is 22.9 Å². The highest BCUT2D eigenvalue weighted by molar-refractivity contribution is 5.46. The third-order valence-corrected chi connectivity index (χ3v) is 14.3. The summed E-state index contributed by atoms with van der Waals surface area (Å²) >= 11 is 0. The average Bonchev–Trinajstić information content (AvgIpc) is 1.52. The van der Waals surface area contributed by atoms with Gasteiger partial charge in [-0.3, -0.25) is 0 Å². The van der Waals surface area contributed by atoms with E-state index in [1.807, 2.05) is 0 Å².